The third-order valence-electron chi connectivity index (χ3n) is 3.05. The number of hydrogen-bond acceptors (Lipinski definition) is 4. The zero-order valence-electron chi connectivity index (χ0n) is 12.3. The van der Waals surface area contributed by atoms with Gasteiger partial charge >= 0.3 is 0 Å². The molecule has 0 saturated heterocycles. The Labute approximate surface area is 115 Å². The predicted molar refractivity (Wildman–Crippen MR) is 75.6 cm³/mol. The zero-order chi connectivity index (χ0) is 14.4. The molecule has 5 heteroatoms. The monoisotopic (exact) mass is 267 g/mol. The fourth-order valence-electron chi connectivity index (χ4n) is 1.76. The summed E-state index contributed by atoms with van der Waals surface area (Å²) in [6.07, 6.45) is 0. The topological polar surface area (TPSA) is 62.7 Å². The van der Waals surface area contributed by atoms with E-state index >= 15 is 0 Å². The molecular formula is C14H25N3O2. The quantitative estimate of drug-likeness (QED) is 0.803. The van der Waals surface area contributed by atoms with E-state index in [9.17, 15) is 4.79 Å². The normalized spacial score (nSPS) is 12.7. The summed E-state index contributed by atoms with van der Waals surface area (Å²) in [6, 6.07) is 3.83. The molecule has 1 aromatic rings. The molecule has 1 amide bonds. The average molecular weight is 267 g/mol. The van der Waals surface area contributed by atoms with E-state index in [1.807, 2.05) is 45.0 Å². The van der Waals surface area contributed by atoms with E-state index in [0.29, 0.717) is 19.6 Å². The maximum Gasteiger partial charge on any atom is 0.227 e. The highest BCUT2D eigenvalue weighted by Gasteiger charge is 2.20. The van der Waals surface area contributed by atoms with Gasteiger partial charge in [-0.25, -0.2) is 0 Å². The molecule has 0 fully saturated rings. The Morgan fingerprint density at radius 3 is 2.53 bits per heavy atom. The van der Waals surface area contributed by atoms with Crippen LogP contribution in [0.15, 0.2) is 16.5 Å². The van der Waals surface area contributed by atoms with E-state index in [4.69, 9.17) is 10.2 Å². The third-order valence-corrected chi connectivity index (χ3v) is 3.05. The van der Waals surface area contributed by atoms with Gasteiger partial charge in [-0.15, -0.1) is 0 Å². The van der Waals surface area contributed by atoms with Gasteiger partial charge < -0.3 is 20.0 Å². The first-order valence-electron chi connectivity index (χ1n) is 6.63. The number of carbonyl (C=O) groups excluding carboxylic acids is 1. The second-order valence-electron chi connectivity index (χ2n) is 5.21. The maximum atomic E-state index is 12.3. The van der Waals surface area contributed by atoms with Crippen molar-refractivity contribution in [1.29, 1.82) is 0 Å². The highest BCUT2D eigenvalue weighted by atomic mass is 16.3. The van der Waals surface area contributed by atoms with Crippen LogP contribution in [0.4, 0.5) is 0 Å². The van der Waals surface area contributed by atoms with Crippen molar-refractivity contribution in [2.75, 3.05) is 33.7 Å². The lowest BCUT2D eigenvalue weighted by atomic mass is 10.1. The summed E-state index contributed by atoms with van der Waals surface area (Å²) in [6.45, 7) is 6.13. The lowest BCUT2D eigenvalue weighted by Gasteiger charge is -2.26. The van der Waals surface area contributed by atoms with Crippen LogP contribution in [-0.4, -0.2) is 49.4 Å². The molecule has 108 valence electrons. The Morgan fingerprint density at radius 1 is 1.37 bits per heavy atom. The third kappa shape index (κ3) is 5.04. The molecule has 1 rings (SSSR count). The molecule has 0 aliphatic carbocycles. The molecule has 0 saturated carbocycles. The van der Waals surface area contributed by atoms with E-state index in [0.717, 1.165) is 18.1 Å². The summed E-state index contributed by atoms with van der Waals surface area (Å²) < 4.78 is 5.55. The number of hydrogen-bond donors (Lipinski definition) is 1. The van der Waals surface area contributed by atoms with Gasteiger partial charge in [-0.05, 0) is 33.2 Å². The van der Waals surface area contributed by atoms with Gasteiger partial charge in [-0.1, -0.05) is 6.92 Å². The number of nitrogens with zero attached hydrogens (tertiary/aromatic N) is 2. The Balaban J connectivity index is 2.70. The number of furan rings is 1. The highest BCUT2D eigenvalue weighted by Crippen LogP contribution is 2.12. The lowest BCUT2D eigenvalue weighted by Crippen LogP contribution is -2.40. The Morgan fingerprint density at radius 2 is 2.05 bits per heavy atom. The summed E-state index contributed by atoms with van der Waals surface area (Å²) in [5.41, 5.74) is 5.58. The van der Waals surface area contributed by atoms with Crippen molar-refractivity contribution in [2.45, 2.75) is 20.4 Å². The number of carbonyl (C=O) groups is 1. The molecule has 0 spiro atoms. The van der Waals surface area contributed by atoms with Gasteiger partial charge in [-0.2, -0.15) is 0 Å². The molecule has 0 aliphatic heterocycles. The molecule has 1 unspecified atom stereocenters. The Bertz CT molecular complexity index is 401. The standard InChI is InChI=1S/C14H25N3O2/c1-11(9-15)14(18)17(8-7-16(3)4)10-13-6-5-12(2)19-13/h5-6,11H,7-10,15H2,1-4H3. The van der Waals surface area contributed by atoms with Crippen molar-refractivity contribution in [3.05, 3.63) is 23.7 Å². The minimum absolute atomic E-state index is 0.0819. The number of nitrogens with two attached hydrogens (primary N) is 1. The lowest BCUT2D eigenvalue weighted by molar-refractivity contribution is -0.135. The van der Waals surface area contributed by atoms with E-state index < -0.39 is 0 Å². The SMILES string of the molecule is Cc1ccc(CN(CCN(C)C)C(=O)C(C)CN)o1. The molecule has 5 nitrogen and oxygen atoms in total. The first-order valence-corrected chi connectivity index (χ1v) is 6.63. The fourth-order valence-corrected chi connectivity index (χ4v) is 1.76. The van der Waals surface area contributed by atoms with Crippen LogP contribution in [0.2, 0.25) is 0 Å². The van der Waals surface area contributed by atoms with Crippen LogP contribution in [0.25, 0.3) is 0 Å². The molecule has 1 aromatic heterocycles. The van der Waals surface area contributed by atoms with E-state index in [2.05, 4.69) is 4.90 Å². The number of amides is 1. The molecule has 1 atom stereocenters. The Kier molecular flexibility index (Phi) is 6.05. The number of aryl methyl sites for hydroxylation is 1. The van der Waals surface area contributed by atoms with Crippen LogP contribution in [0.3, 0.4) is 0 Å². The van der Waals surface area contributed by atoms with E-state index in [1.54, 1.807) is 0 Å². The zero-order valence-corrected chi connectivity index (χ0v) is 12.3. The fraction of sp³-hybridized carbons (Fsp3) is 0.643. The first kappa shape index (κ1) is 15.7. The Hall–Kier alpha value is -1.33. The molecule has 0 aliphatic rings. The van der Waals surface area contributed by atoms with Gasteiger partial charge in [0.25, 0.3) is 0 Å². The van der Waals surface area contributed by atoms with Gasteiger partial charge in [0, 0.05) is 25.6 Å². The maximum absolute atomic E-state index is 12.3. The van der Waals surface area contributed by atoms with Gasteiger partial charge in [-0.3, -0.25) is 4.79 Å². The van der Waals surface area contributed by atoms with Crippen molar-refractivity contribution in [3.8, 4) is 0 Å². The summed E-state index contributed by atoms with van der Waals surface area (Å²) in [7, 11) is 3.98. The first-order chi connectivity index (χ1) is 8.93. The molecular weight excluding hydrogens is 242 g/mol. The van der Waals surface area contributed by atoms with Crippen molar-refractivity contribution in [2.24, 2.45) is 11.7 Å². The second-order valence-corrected chi connectivity index (χ2v) is 5.21. The van der Waals surface area contributed by atoms with Crippen LogP contribution < -0.4 is 5.73 Å². The minimum Gasteiger partial charge on any atom is -0.464 e. The summed E-state index contributed by atoms with van der Waals surface area (Å²) in [5, 5.41) is 0. The second kappa shape index (κ2) is 7.31. The predicted octanol–water partition coefficient (Wildman–Crippen LogP) is 1.07. The van der Waals surface area contributed by atoms with Crippen molar-refractivity contribution < 1.29 is 9.21 Å². The molecule has 2 N–H and O–H groups in total. The largest absolute Gasteiger partial charge is 0.464 e. The van der Waals surface area contributed by atoms with Crippen LogP contribution >= 0.6 is 0 Å². The van der Waals surface area contributed by atoms with Crippen LogP contribution in [-0.2, 0) is 11.3 Å². The molecule has 0 radical (unpaired) electrons. The van der Waals surface area contributed by atoms with Crippen LogP contribution in [0, 0.1) is 12.8 Å². The smallest absolute Gasteiger partial charge is 0.227 e. The van der Waals surface area contributed by atoms with Crippen molar-refractivity contribution in [1.82, 2.24) is 9.80 Å². The summed E-state index contributed by atoms with van der Waals surface area (Å²) in [5.74, 6) is 1.60. The van der Waals surface area contributed by atoms with E-state index in [-0.39, 0.29) is 11.8 Å². The minimum atomic E-state index is -0.154. The highest BCUT2D eigenvalue weighted by molar-refractivity contribution is 5.78. The van der Waals surface area contributed by atoms with Gasteiger partial charge in [0.2, 0.25) is 5.91 Å². The van der Waals surface area contributed by atoms with Crippen molar-refractivity contribution in [3.63, 3.8) is 0 Å². The van der Waals surface area contributed by atoms with Gasteiger partial charge in [0.15, 0.2) is 0 Å². The molecule has 0 bridgehead atoms. The summed E-state index contributed by atoms with van der Waals surface area (Å²) >= 11 is 0. The molecule has 1 heterocycles. The summed E-state index contributed by atoms with van der Waals surface area (Å²) in [4.78, 5) is 16.2. The van der Waals surface area contributed by atoms with Gasteiger partial charge in [0.1, 0.15) is 11.5 Å². The van der Waals surface area contributed by atoms with Crippen LogP contribution in [0.1, 0.15) is 18.4 Å². The molecule has 19 heavy (non-hydrogen) atoms. The average Bonchev–Trinajstić information content (AvgIpc) is 2.77. The van der Waals surface area contributed by atoms with E-state index in [1.165, 1.54) is 0 Å². The molecule has 0 aromatic carbocycles. The van der Waals surface area contributed by atoms with Crippen molar-refractivity contribution >= 4 is 5.91 Å². The number of rotatable bonds is 7. The number of likely N-dealkylation sites (N-methyl/N-ethyl adjacent to an activating group) is 1. The van der Waals surface area contributed by atoms with Gasteiger partial charge in [0.05, 0.1) is 6.54 Å². The van der Waals surface area contributed by atoms with Crippen LogP contribution in [0.5, 0.6) is 0 Å².